The summed E-state index contributed by atoms with van der Waals surface area (Å²) < 4.78 is 4.95. The van der Waals surface area contributed by atoms with E-state index in [1.165, 1.54) is 0 Å². The molecule has 19 heavy (non-hydrogen) atoms. The highest BCUT2D eigenvalue weighted by molar-refractivity contribution is 6.29. The smallest absolute Gasteiger partial charge is 0.242 e. The summed E-state index contributed by atoms with van der Waals surface area (Å²) in [4.78, 5) is 20.0. The molecule has 7 heteroatoms. The van der Waals surface area contributed by atoms with Crippen LogP contribution in [0.25, 0.3) is 0 Å². The van der Waals surface area contributed by atoms with Crippen molar-refractivity contribution in [1.82, 2.24) is 15.3 Å². The number of hydrogen-bond acceptors (Lipinski definition) is 5. The summed E-state index contributed by atoms with van der Waals surface area (Å²) in [5.41, 5.74) is 0. The summed E-state index contributed by atoms with van der Waals surface area (Å²) in [5, 5.41) is 6.10. The molecule has 0 bridgehead atoms. The molecule has 0 radical (unpaired) electrons. The number of nitrogens with zero attached hydrogens (tertiary/aromatic N) is 2. The fraction of sp³-hybridized carbons (Fsp3) is 0.583. The molecule has 1 aromatic heterocycles. The molecule has 0 aromatic carbocycles. The summed E-state index contributed by atoms with van der Waals surface area (Å²) in [5.74, 6) is 0.898. The molecule has 1 atom stereocenters. The van der Waals surface area contributed by atoms with Crippen LogP contribution in [0.3, 0.4) is 0 Å². The van der Waals surface area contributed by atoms with Gasteiger partial charge in [-0.1, -0.05) is 18.5 Å². The Bertz CT molecular complexity index is 428. The summed E-state index contributed by atoms with van der Waals surface area (Å²) in [6, 6.07) is 1.18. The largest absolute Gasteiger partial charge is 0.377 e. The van der Waals surface area contributed by atoms with E-state index in [0.29, 0.717) is 23.3 Å². The normalized spacial score (nSPS) is 12.0. The van der Waals surface area contributed by atoms with Crippen molar-refractivity contribution < 1.29 is 9.53 Å². The molecular weight excluding hydrogens is 268 g/mol. The molecule has 1 amide bonds. The van der Waals surface area contributed by atoms with Crippen molar-refractivity contribution in [3.8, 4) is 0 Å². The van der Waals surface area contributed by atoms with Crippen LogP contribution in [0, 0.1) is 0 Å². The number of ether oxygens (including phenoxy) is 1. The van der Waals surface area contributed by atoms with Crippen molar-refractivity contribution in [2.45, 2.75) is 32.9 Å². The molecule has 0 saturated carbocycles. The molecule has 1 heterocycles. The first-order valence-corrected chi connectivity index (χ1v) is 6.51. The maximum atomic E-state index is 11.7. The van der Waals surface area contributed by atoms with Crippen molar-refractivity contribution in [3.63, 3.8) is 0 Å². The fourth-order valence-corrected chi connectivity index (χ4v) is 1.62. The second-order valence-electron chi connectivity index (χ2n) is 4.08. The lowest BCUT2D eigenvalue weighted by Gasteiger charge is -2.14. The van der Waals surface area contributed by atoms with Gasteiger partial charge in [-0.25, -0.2) is 9.97 Å². The highest BCUT2D eigenvalue weighted by Crippen LogP contribution is 2.13. The van der Waals surface area contributed by atoms with E-state index in [1.54, 1.807) is 20.1 Å². The van der Waals surface area contributed by atoms with Gasteiger partial charge in [0, 0.05) is 19.7 Å². The minimum atomic E-state index is -0.395. The number of anilines is 1. The van der Waals surface area contributed by atoms with E-state index in [0.717, 1.165) is 6.42 Å². The Morgan fingerprint density at radius 1 is 1.53 bits per heavy atom. The molecule has 2 N–H and O–H groups in total. The first-order valence-electron chi connectivity index (χ1n) is 6.13. The van der Waals surface area contributed by atoms with Gasteiger partial charge in [-0.15, -0.1) is 0 Å². The van der Waals surface area contributed by atoms with Gasteiger partial charge in [0.2, 0.25) is 5.91 Å². The van der Waals surface area contributed by atoms with E-state index in [-0.39, 0.29) is 12.5 Å². The van der Waals surface area contributed by atoms with E-state index in [1.807, 2.05) is 6.92 Å². The van der Waals surface area contributed by atoms with E-state index in [2.05, 4.69) is 20.6 Å². The zero-order valence-electron chi connectivity index (χ0n) is 11.4. The predicted octanol–water partition coefficient (Wildman–Crippen LogP) is 1.60. The number of methoxy groups -OCH3 is 1. The number of aromatic nitrogens is 2. The molecule has 1 rings (SSSR count). The molecular formula is C12H19ClN4O2. The lowest BCUT2D eigenvalue weighted by atomic mass is 10.3. The molecule has 0 saturated heterocycles. The Morgan fingerprint density at radius 2 is 2.26 bits per heavy atom. The lowest BCUT2D eigenvalue weighted by Crippen LogP contribution is -2.38. The third-order valence-electron chi connectivity index (χ3n) is 2.32. The van der Waals surface area contributed by atoms with E-state index < -0.39 is 6.04 Å². The Labute approximate surface area is 117 Å². The lowest BCUT2D eigenvalue weighted by molar-refractivity contribution is -0.121. The van der Waals surface area contributed by atoms with Crippen molar-refractivity contribution in [3.05, 3.63) is 17.0 Å². The average molecular weight is 287 g/mol. The number of rotatable bonds is 7. The third-order valence-corrected chi connectivity index (χ3v) is 2.52. The summed E-state index contributed by atoms with van der Waals surface area (Å²) in [6.45, 7) is 4.69. The minimum Gasteiger partial charge on any atom is -0.377 e. The average Bonchev–Trinajstić information content (AvgIpc) is 2.35. The van der Waals surface area contributed by atoms with Crippen LogP contribution < -0.4 is 10.6 Å². The Balaban J connectivity index is 2.67. The Hall–Kier alpha value is -1.40. The molecule has 106 valence electrons. The minimum absolute atomic E-state index is 0.0788. The van der Waals surface area contributed by atoms with Gasteiger partial charge in [0.15, 0.2) is 5.82 Å². The van der Waals surface area contributed by atoms with E-state index in [9.17, 15) is 4.79 Å². The van der Waals surface area contributed by atoms with Crippen LogP contribution in [0.2, 0.25) is 5.15 Å². The van der Waals surface area contributed by atoms with Crippen LogP contribution in [0.4, 0.5) is 5.82 Å². The van der Waals surface area contributed by atoms with Gasteiger partial charge >= 0.3 is 0 Å². The maximum Gasteiger partial charge on any atom is 0.242 e. The number of hydrogen-bond donors (Lipinski definition) is 2. The van der Waals surface area contributed by atoms with Gasteiger partial charge in [-0.3, -0.25) is 4.79 Å². The summed E-state index contributed by atoms with van der Waals surface area (Å²) in [6.07, 6.45) is 0.899. The van der Waals surface area contributed by atoms with E-state index >= 15 is 0 Å². The number of carbonyl (C=O) groups is 1. The SMILES string of the molecule is CCCNC(=O)C(C)Nc1cc(Cl)nc(COC)n1. The van der Waals surface area contributed by atoms with Gasteiger partial charge in [-0.05, 0) is 13.3 Å². The second kappa shape index (κ2) is 7.91. The zero-order chi connectivity index (χ0) is 14.3. The Morgan fingerprint density at radius 3 is 2.89 bits per heavy atom. The van der Waals surface area contributed by atoms with Gasteiger partial charge in [-0.2, -0.15) is 0 Å². The van der Waals surface area contributed by atoms with Gasteiger partial charge in [0.25, 0.3) is 0 Å². The molecule has 0 fully saturated rings. The quantitative estimate of drug-likeness (QED) is 0.745. The molecule has 0 aliphatic heterocycles. The van der Waals surface area contributed by atoms with Crippen LogP contribution in [0.15, 0.2) is 6.07 Å². The Kier molecular flexibility index (Phi) is 6.52. The molecule has 1 aromatic rings. The standard InChI is InChI=1S/C12H19ClN4O2/c1-4-5-14-12(18)8(2)15-10-6-9(13)16-11(17-10)7-19-3/h6,8H,4-5,7H2,1-3H3,(H,14,18)(H,15,16,17). The van der Waals surface area contributed by atoms with Crippen LogP contribution in [-0.4, -0.2) is 35.6 Å². The zero-order valence-corrected chi connectivity index (χ0v) is 12.1. The molecule has 0 spiro atoms. The van der Waals surface area contributed by atoms with Crippen LogP contribution in [0.1, 0.15) is 26.1 Å². The maximum absolute atomic E-state index is 11.7. The van der Waals surface area contributed by atoms with Crippen molar-refractivity contribution in [2.24, 2.45) is 0 Å². The topological polar surface area (TPSA) is 76.1 Å². The molecule has 0 aliphatic carbocycles. The van der Waals surface area contributed by atoms with Crippen molar-refractivity contribution in [1.29, 1.82) is 0 Å². The first kappa shape index (κ1) is 15.7. The van der Waals surface area contributed by atoms with Crippen LogP contribution >= 0.6 is 11.6 Å². The number of amides is 1. The molecule has 1 unspecified atom stereocenters. The summed E-state index contributed by atoms with van der Waals surface area (Å²) >= 11 is 5.89. The number of carbonyl (C=O) groups excluding carboxylic acids is 1. The first-order chi connectivity index (χ1) is 9.06. The monoisotopic (exact) mass is 286 g/mol. The number of nitrogens with one attached hydrogen (secondary N) is 2. The third kappa shape index (κ3) is 5.40. The van der Waals surface area contributed by atoms with Crippen LogP contribution in [-0.2, 0) is 16.1 Å². The van der Waals surface area contributed by atoms with E-state index in [4.69, 9.17) is 16.3 Å². The second-order valence-corrected chi connectivity index (χ2v) is 4.47. The van der Waals surface area contributed by atoms with Gasteiger partial charge in [0.05, 0.1) is 0 Å². The molecule has 6 nitrogen and oxygen atoms in total. The highest BCUT2D eigenvalue weighted by Gasteiger charge is 2.13. The molecule has 0 aliphatic rings. The van der Waals surface area contributed by atoms with Gasteiger partial charge < -0.3 is 15.4 Å². The highest BCUT2D eigenvalue weighted by atomic mass is 35.5. The van der Waals surface area contributed by atoms with Crippen molar-refractivity contribution >= 4 is 23.3 Å². The predicted molar refractivity (Wildman–Crippen MR) is 74.1 cm³/mol. The van der Waals surface area contributed by atoms with Gasteiger partial charge in [0.1, 0.15) is 23.6 Å². The fourth-order valence-electron chi connectivity index (χ4n) is 1.42. The number of halogens is 1. The van der Waals surface area contributed by atoms with Crippen LogP contribution in [0.5, 0.6) is 0 Å². The summed E-state index contributed by atoms with van der Waals surface area (Å²) in [7, 11) is 1.55. The van der Waals surface area contributed by atoms with Crippen molar-refractivity contribution in [2.75, 3.05) is 19.0 Å².